The second-order valence-corrected chi connectivity index (χ2v) is 15.4. The Morgan fingerprint density at radius 1 is 0.685 bits per heavy atom. The number of ether oxygens (including phenoxy) is 1. The molecular formula is C47H39N5OPt. The summed E-state index contributed by atoms with van der Waals surface area (Å²) < 4.78 is 11.0. The Labute approximate surface area is 329 Å². The Kier molecular flexibility index (Phi) is 7.88. The van der Waals surface area contributed by atoms with Crippen LogP contribution in [0.15, 0.2) is 97.5 Å². The van der Waals surface area contributed by atoms with Crippen LogP contribution in [0, 0.1) is 44.7 Å². The summed E-state index contributed by atoms with van der Waals surface area (Å²) in [4.78, 5) is 15.1. The Bertz CT molecular complexity index is 2960. The third-order valence-corrected chi connectivity index (χ3v) is 11.7. The van der Waals surface area contributed by atoms with Crippen LogP contribution in [0.3, 0.4) is 0 Å². The number of pyridine rings is 3. The molecule has 0 N–H and O–H groups in total. The fraction of sp³-hybridized carbons (Fsp3) is 0.213. The topological polar surface area (TPSA) is 57.2 Å². The van der Waals surface area contributed by atoms with E-state index >= 15 is 0 Å². The van der Waals surface area contributed by atoms with E-state index in [1.807, 2.05) is 30.6 Å². The third-order valence-electron chi connectivity index (χ3n) is 11.7. The SMILES string of the molecule is Cc1cc(C)c(-c2cn3c(n2)c2[c-]c(Oc4[c-]c5c(cc4)c4cccc6c4n5-c4ncccc4C6(C(C)C)C(C)C)ccc2c2cccnc23)c(C)c1.[Pt+2]. The molecule has 6 nitrogen and oxygen atoms in total. The zero-order valence-corrected chi connectivity index (χ0v) is 33.6. The number of rotatable bonds is 5. The van der Waals surface area contributed by atoms with Crippen molar-refractivity contribution in [3.8, 4) is 28.6 Å². The molecule has 0 unspecified atom stereocenters. The van der Waals surface area contributed by atoms with Crippen LogP contribution in [-0.4, -0.2) is 23.9 Å². The van der Waals surface area contributed by atoms with Crippen molar-refractivity contribution in [1.82, 2.24) is 23.9 Å². The molecule has 54 heavy (non-hydrogen) atoms. The summed E-state index contributed by atoms with van der Waals surface area (Å²) in [5.74, 6) is 2.91. The van der Waals surface area contributed by atoms with Gasteiger partial charge >= 0.3 is 21.1 Å². The van der Waals surface area contributed by atoms with E-state index in [-0.39, 0.29) is 26.5 Å². The first-order chi connectivity index (χ1) is 25.7. The molecule has 0 fully saturated rings. The fourth-order valence-electron chi connectivity index (χ4n) is 9.80. The van der Waals surface area contributed by atoms with Crippen molar-refractivity contribution in [3.63, 3.8) is 0 Å². The molecule has 4 aromatic carbocycles. The normalized spacial score (nSPS) is 13.4. The summed E-state index contributed by atoms with van der Waals surface area (Å²) in [5, 5.41) is 5.27. The number of hydrogen-bond donors (Lipinski definition) is 0. The molecule has 0 aliphatic carbocycles. The molecule has 1 aliphatic heterocycles. The standard InChI is InChI=1S/C47H39N5O.Pt/c1-26(2)47(27(3)4)38-13-8-11-35-34-18-16-32(24-41(34)52(43(35)38)46-39(47)14-10-20-49-46)53-31-15-17-33-36-12-9-19-48-44(36)51-25-40(50-45(51)37(33)23-31)42-29(6)21-28(5)22-30(42)7;/h8-22,25-27H,1-7H3;/q-2;+2. The first-order valence-electron chi connectivity index (χ1n) is 18.5. The Morgan fingerprint density at radius 2 is 1.35 bits per heavy atom. The van der Waals surface area contributed by atoms with Crippen LogP contribution in [0.25, 0.3) is 66.3 Å². The summed E-state index contributed by atoms with van der Waals surface area (Å²) in [6, 6.07) is 35.2. The zero-order valence-electron chi connectivity index (χ0n) is 31.4. The molecule has 6 heterocycles. The van der Waals surface area contributed by atoms with Crippen LogP contribution in [0.2, 0.25) is 0 Å². The molecule has 0 saturated carbocycles. The van der Waals surface area contributed by atoms with Gasteiger partial charge in [0.1, 0.15) is 11.5 Å². The average molecular weight is 885 g/mol. The van der Waals surface area contributed by atoms with Gasteiger partial charge in [0.2, 0.25) is 0 Å². The van der Waals surface area contributed by atoms with Gasteiger partial charge in [-0.1, -0.05) is 98.1 Å². The molecule has 5 aromatic heterocycles. The molecular weight excluding hydrogens is 846 g/mol. The number of para-hydroxylation sites is 1. The van der Waals surface area contributed by atoms with Gasteiger partial charge < -0.3 is 13.7 Å². The molecule has 7 heteroatoms. The van der Waals surface area contributed by atoms with E-state index < -0.39 is 0 Å². The maximum atomic E-state index is 6.65. The minimum Gasteiger partial charge on any atom is -0.503 e. The van der Waals surface area contributed by atoms with Crippen LogP contribution >= 0.6 is 0 Å². The van der Waals surface area contributed by atoms with E-state index in [1.54, 1.807) is 0 Å². The summed E-state index contributed by atoms with van der Waals surface area (Å²) in [6.45, 7) is 15.8. The van der Waals surface area contributed by atoms with Crippen molar-refractivity contribution < 1.29 is 25.8 Å². The molecule has 0 atom stereocenters. The first-order valence-corrected chi connectivity index (χ1v) is 18.5. The third kappa shape index (κ3) is 4.65. The number of aromatic nitrogens is 5. The van der Waals surface area contributed by atoms with Gasteiger partial charge in [0.25, 0.3) is 0 Å². The predicted octanol–water partition coefficient (Wildman–Crippen LogP) is 11.4. The summed E-state index contributed by atoms with van der Waals surface area (Å²) in [5.41, 5.74) is 11.9. The molecule has 0 spiro atoms. The molecule has 0 bridgehead atoms. The Morgan fingerprint density at radius 3 is 2.11 bits per heavy atom. The van der Waals surface area contributed by atoms with E-state index in [0.717, 1.165) is 55.4 Å². The monoisotopic (exact) mass is 884 g/mol. The first kappa shape index (κ1) is 34.4. The maximum absolute atomic E-state index is 6.65. The van der Waals surface area contributed by atoms with Gasteiger partial charge in [-0.25, -0.2) is 9.97 Å². The quantitative estimate of drug-likeness (QED) is 0.128. The Balaban J connectivity index is 0.00000384. The molecule has 9 aromatic rings. The van der Waals surface area contributed by atoms with E-state index in [1.165, 1.54) is 38.7 Å². The van der Waals surface area contributed by atoms with Crippen molar-refractivity contribution in [2.75, 3.05) is 0 Å². The largest absolute Gasteiger partial charge is 2.00 e. The van der Waals surface area contributed by atoms with Crippen LogP contribution in [0.5, 0.6) is 11.5 Å². The smallest absolute Gasteiger partial charge is 0.503 e. The van der Waals surface area contributed by atoms with Gasteiger partial charge in [0, 0.05) is 52.1 Å². The second kappa shape index (κ2) is 12.4. The number of nitrogens with zero attached hydrogens (tertiary/aromatic N) is 5. The van der Waals surface area contributed by atoms with Crippen molar-refractivity contribution in [2.24, 2.45) is 11.8 Å². The minimum atomic E-state index is -0.179. The average Bonchev–Trinajstić information content (AvgIpc) is 3.72. The number of benzene rings is 4. The van der Waals surface area contributed by atoms with Gasteiger partial charge in [-0.3, -0.25) is 4.98 Å². The van der Waals surface area contributed by atoms with E-state index in [2.05, 4.69) is 136 Å². The van der Waals surface area contributed by atoms with E-state index in [0.29, 0.717) is 23.3 Å². The summed E-state index contributed by atoms with van der Waals surface area (Å²) in [7, 11) is 0. The number of aryl methyl sites for hydroxylation is 3. The maximum Gasteiger partial charge on any atom is 2.00 e. The molecule has 0 saturated heterocycles. The van der Waals surface area contributed by atoms with Gasteiger partial charge in [-0.05, 0) is 72.2 Å². The van der Waals surface area contributed by atoms with Crippen LogP contribution < -0.4 is 4.74 Å². The molecule has 268 valence electrons. The van der Waals surface area contributed by atoms with Crippen molar-refractivity contribution in [3.05, 3.63) is 137 Å². The second-order valence-electron chi connectivity index (χ2n) is 15.4. The Hall–Kier alpha value is -5.32. The zero-order chi connectivity index (χ0) is 36.3. The van der Waals surface area contributed by atoms with Crippen LogP contribution in [0.1, 0.15) is 55.5 Å². The van der Waals surface area contributed by atoms with Gasteiger partial charge in [0.15, 0.2) is 0 Å². The number of fused-ring (bicyclic) bond motifs is 11. The molecule has 1 aliphatic rings. The number of imidazole rings is 1. The van der Waals surface area contributed by atoms with E-state index in [4.69, 9.17) is 19.7 Å². The summed E-state index contributed by atoms with van der Waals surface area (Å²) >= 11 is 0. The molecule has 0 radical (unpaired) electrons. The van der Waals surface area contributed by atoms with Gasteiger partial charge in [-0.15, -0.1) is 29.7 Å². The minimum absolute atomic E-state index is 0. The predicted molar refractivity (Wildman–Crippen MR) is 214 cm³/mol. The molecule has 0 amide bonds. The van der Waals surface area contributed by atoms with Crippen LogP contribution in [0.4, 0.5) is 0 Å². The van der Waals surface area contributed by atoms with Crippen LogP contribution in [-0.2, 0) is 26.5 Å². The number of hydrogen-bond acceptors (Lipinski definition) is 4. The van der Waals surface area contributed by atoms with Gasteiger partial charge in [-0.2, -0.15) is 6.07 Å². The fourth-order valence-corrected chi connectivity index (χ4v) is 9.80. The summed E-state index contributed by atoms with van der Waals surface area (Å²) in [6.07, 6.45) is 5.85. The van der Waals surface area contributed by atoms with Crippen molar-refractivity contribution >= 4 is 49.3 Å². The van der Waals surface area contributed by atoms with Gasteiger partial charge in [0.05, 0.1) is 11.3 Å². The van der Waals surface area contributed by atoms with Crippen molar-refractivity contribution in [2.45, 2.75) is 53.9 Å². The van der Waals surface area contributed by atoms with E-state index in [9.17, 15) is 0 Å². The molecule has 10 rings (SSSR count). The van der Waals surface area contributed by atoms with Crippen molar-refractivity contribution in [1.29, 1.82) is 0 Å².